The summed E-state index contributed by atoms with van der Waals surface area (Å²) in [5, 5.41) is 8.96. The van der Waals surface area contributed by atoms with Crippen LogP contribution in [-0.2, 0) is 6.54 Å². The van der Waals surface area contributed by atoms with E-state index in [4.69, 9.17) is 23.1 Å². The van der Waals surface area contributed by atoms with Gasteiger partial charge in [-0.3, -0.25) is 4.90 Å². The highest BCUT2D eigenvalue weighted by atomic mass is 32.1. The van der Waals surface area contributed by atoms with Crippen LogP contribution in [0.3, 0.4) is 0 Å². The van der Waals surface area contributed by atoms with E-state index in [1.165, 1.54) is 6.07 Å². The fraction of sp³-hybridized carbons (Fsp3) is 0.462. The molecule has 0 spiro atoms. The molecule has 1 aromatic rings. The molecule has 0 aliphatic rings. The fourth-order valence-corrected chi connectivity index (χ4v) is 1.92. The Morgan fingerprint density at radius 3 is 2.67 bits per heavy atom. The van der Waals surface area contributed by atoms with Gasteiger partial charge in [-0.05, 0) is 19.0 Å². The van der Waals surface area contributed by atoms with E-state index in [0.29, 0.717) is 24.2 Å². The number of aliphatic hydroxyl groups excluding tert-OH is 1. The first-order valence-corrected chi connectivity index (χ1v) is 6.40. The lowest BCUT2D eigenvalue weighted by Gasteiger charge is -2.21. The Morgan fingerprint density at radius 2 is 2.17 bits per heavy atom. The van der Waals surface area contributed by atoms with Gasteiger partial charge < -0.3 is 10.8 Å². The first-order valence-electron chi connectivity index (χ1n) is 6.00. The van der Waals surface area contributed by atoms with E-state index in [0.717, 1.165) is 13.0 Å². The summed E-state index contributed by atoms with van der Waals surface area (Å²) in [6.45, 7) is 3.99. The third-order valence-electron chi connectivity index (χ3n) is 2.69. The first-order chi connectivity index (χ1) is 8.58. The minimum Gasteiger partial charge on any atom is -0.395 e. The monoisotopic (exact) mass is 270 g/mol. The van der Waals surface area contributed by atoms with Gasteiger partial charge in [0.25, 0.3) is 0 Å². The largest absolute Gasteiger partial charge is 0.395 e. The van der Waals surface area contributed by atoms with Crippen molar-refractivity contribution in [2.75, 3.05) is 19.7 Å². The van der Waals surface area contributed by atoms with Gasteiger partial charge in [0.1, 0.15) is 10.8 Å². The maximum Gasteiger partial charge on any atom is 0.128 e. The lowest BCUT2D eigenvalue weighted by molar-refractivity contribution is 0.189. The first kappa shape index (κ1) is 15.0. The molecule has 0 heterocycles. The Hall–Kier alpha value is -1.04. The molecule has 1 rings (SSSR count). The van der Waals surface area contributed by atoms with Crippen LogP contribution < -0.4 is 5.73 Å². The lowest BCUT2D eigenvalue weighted by Crippen LogP contribution is -2.27. The number of aliphatic hydroxyl groups is 1. The molecule has 3 N–H and O–H groups in total. The average molecular weight is 270 g/mol. The fourth-order valence-electron chi connectivity index (χ4n) is 1.80. The van der Waals surface area contributed by atoms with Gasteiger partial charge in [0.05, 0.1) is 6.61 Å². The molecule has 0 aromatic heterocycles. The van der Waals surface area contributed by atoms with Gasteiger partial charge in [0.15, 0.2) is 0 Å². The van der Waals surface area contributed by atoms with Crippen LogP contribution in [0.2, 0.25) is 0 Å². The summed E-state index contributed by atoms with van der Waals surface area (Å²) < 4.78 is 13.8. The van der Waals surface area contributed by atoms with Crippen molar-refractivity contribution in [3.8, 4) is 0 Å². The van der Waals surface area contributed by atoms with Gasteiger partial charge in [-0.2, -0.15) is 0 Å². The molecule has 0 aliphatic heterocycles. The molecule has 3 nitrogen and oxygen atoms in total. The van der Waals surface area contributed by atoms with Crippen molar-refractivity contribution in [1.82, 2.24) is 4.90 Å². The zero-order valence-electron chi connectivity index (χ0n) is 10.5. The number of nitrogens with two attached hydrogens (primary N) is 1. The molecule has 5 heteroatoms. The van der Waals surface area contributed by atoms with Gasteiger partial charge >= 0.3 is 0 Å². The highest BCUT2D eigenvalue weighted by molar-refractivity contribution is 7.80. The molecule has 0 unspecified atom stereocenters. The van der Waals surface area contributed by atoms with Crippen LogP contribution in [0.15, 0.2) is 18.2 Å². The molecular formula is C13H19FN2OS. The standard InChI is InChI=1S/C13H19FN2OS/c1-2-5-16(6-7-17)9-11-4-3-10(13(15)18)8-12(11)14/h3-4,8,17H,2,5-7,9H2,1H3,(H2,15,18). The van der Waals surface area contributed by atoms with Crippen molar-refractivity contribution in [3.05, 3.63) is 35.1 Å². The number of thiocarbonyl (C=S) groups is 1. The Balaban J connectivity index is 2.79. The Morgan fingerprint density at radius 1 is 1.44 bits per heavy atom. The van der Waals surface area contributed by atoms with Crippen LogP contribution in [0.25, 0.3) is 0 Å². The van der Waals surface area contributed by atoms with Gasteiger partial charge in [0.2, 0.25) is 0 Å². The molecule has 1 aromatic carbocycles. The van der Waals surface area contributed by atoms with Crippen molar-refractivity contribution >= 4 is 17.2 Å². The summed E-state index contributed by atoms with van der Waals surface area (Å²) in [6.07, 6.45) is 0.965. The molecule has 0 amide bonds. The average Bonchev–Trinajstić information content (AvgIpc) is 2.32. The topological polar surface area (TPSA) is 49.5 Å². The van der Waals surface area contributed by atoms with E-state index >= 15 is 0 Å². The van der Waals surface area contributed by atoms with E-state index in [1.54, 1.807) is 12.1 Å². The Bertz CT molecular complexity index is 406. The summed E-state index contributed by atoms with van der Waals surface area (Å²) in [4.78, 5) is 2.21. The van der Waals surface area contributed by atoms with Crippen molar-refractivity contribution in [2.45, 2.75) is 19.9 Å². The number of nitrogens with zero attached hydrogens (tertiary/aromatic N) is 1. The minimum atomic E-state index is -0.306. The molecular weight excluding hydrogens is 251 g/mol. The van der Waals surface area contributed by atoms with Crippen LogP contribution >= 0.6 is 12.2 Å². The van der Waals surface area contributed by atoms with E-state index in [1.807, 2.05) is 4.90 Å². The molecule has 0 radical (unpaired) electrons. The van der Waals surface area contributed by atoms with E-state index in [-0.39, 0.29) is 17.4 Å². The molecule has 18 heavy (non-hydrogen) atoms. The summed E-state index contributed by atoms with van der Waals surface area (Å²) in [6, 6.07) is 4.79. The number of hydrogen-bond donors (Lipinski definition) is 2. The van der Waals surface area contributed by atoms with Crippen LogP contribution in [-0.4, -0.2) is 34.7 Å². The second kappa shape index (κ2) is 7.41. The van der Waals surface area contributed by atoms with Crippen molar-refractivity contribution < 1.29 is 9.50 Å². The van der Waals surface area contributed by atoms with Crippen LogP contribution in [0.5, 0.6) is 0 Å². The normalized spacial score (nSPS) is 10.9. The molecule has 0 bridgehead atoms. The smallest absolute Gasteiger partial charge is 0.128 e. The molecule has 0 saturated heterocycles. The molecule has 0 fully saturated rings. The van der Waals surface area contributed by atoms with Gasteiger partial charge in [-0.15, -0.1) is 0 Å². The second-order valence-corrected chi connectivity index (χ2v) is 4.61. The van der Waals surface area contributed by atoms with E-state index < -0.39 is 0 Å². The van der Waals surface area contributed by atoms with Crippen LogP contribution in [0.4, 0.5) is 4.39 Å². The zero-order valence-corrected chi connectivity index (χ0v) is 11.3. The number of hydrogen-bond acceptors (Lipinski definition) is 3. The maximum atomic E-state index is 13.8. The third-order valence-corrected chi connectivity index (χ3v) is 2.92. The van der Waals surface area contributed by atoms with Crippen LogP contribution in [0, 0.1) is 5.82 Å². The van der Waals surface area contributed by atoms with Crippen LogP contribution in [0.1, 0.15) is 24.5 Å². The van der Waals surface area contributed by atoms with Gasteiger partial charge in [0, 0.05) is 24.2 Å². The predicted molar refractivity (Wildman–Crippen MR) is 74.9 cm³/mol. The summed E-state index contributed by atoms with van der Waals surface area (Å²) in [7, 11) is 0. The molecule has 100 valence electrons. The molecule has 0 saturated carbocycles. The maximum absolute atomic E-state index is 13.8. The summed E-state index contributed by atoms with van der Waals surface area (Å²) in [5.74, 6) is -0.306. The Labute approximate surface area is 112 Å². The predicted octanol–water partition coefficient (Wildman–Crippen LogP) is 1.66. The SMILES string of the molecule is CCCN(CCO)Cc1ccc(C(N)=S)cc1F. The highest BCUT2D eigenvalue weighted by Crippen LogP contribution is 2.13. The third kappa shape index (κ3) is 4.33. The van der Waals surface area contributed by atoms with E-state index in [2.05, 4.69) is 6.92 Å². The Kier molecular flexibility index (Phi) is 6.18. The summed E-state index contributed by atoms with van der Waals surface area (Å²) in [5.41, 5.74) is 6.58. The highest BCUT2D eigenvalue weighted by Gasteiger charge is 2.09. The summed E-state index contributed by atoms with van der Waals surface area (Å²) >= 11 is 4.80. The minimum absolute atomic E-state index is 0.0760. The number of halogens is 1. The quantitative estimate of drug-likeness (QED) is 0.740. The van der Waals surface area contributed by atoms with E-state index in [9.17, 15) is 4.39 Å². The number of benzene rings is 1. The molecule has 0 atom stereocenters. The van der Waals surface area contributed by atoms with Crippen molar-refractivity contribution in [3.63, 3.8) is 0 Å². The second-order valence-electron chi connectivity index (χ2n) is 4.17. The lowest BCUT2D eigenvalue weighted by atomic mass is 10.1. The van der Waals surface area contributed by atoms with Crippen molar-refractivity contribution in [1.29, 1.82) is 0 Å². The zero-order chi connectivity index (χ0) is 13.5. The number of rotatable bonds is 7. The van der Waals surface area contributed by atoms with Gasteiger partial charge in [-0.25, -0.2) is 4.39 Å². The van der Waals surface area contributed by atoms with Crippen molar-refractivity contribution in [2.24, 2.45) is 5.73 Å². The van der Waals surface area contributed by atoms with Gasteiger partial charge in [-0.1, -0.05) is 31.3 Å². The molecule has 0 aliphatic carbocycles.